The van der Waals surface area contributed by atoms with Gasteiger partial charge in [0, 0.05) is 41.9 Å². The second-order valence-electron chi connectivity index (χ2n) is 8.09. The van der Waals surface area contributed by atoms with Crippen LogP contribution in [0.1, 0.15) is 22.3 Å². The maximum Gasteiger partial charge on any atom is 0.323 e. The number of aromatic nitrogens is 1. The highest BCUT2D eigenvalue weighted by Gasteiger charge is 2.21. The van der Waals surface area contributed by atoms with Gasteiger partial charge in [-0.1, -0.05) is 22.0 Å². The normalized spacial score (nSPS) is 13.9. The first-order valence-electron chi connectivity index (χ1n) is 11.0. The van der Waals surface area contributed by atoms with Crippen LogP contribution in [0.2, 0.25) is 0 Å². The van der Waals surface area contributed by atoms with Gasteiger partial charge in [-0.05, 0) is 67.4 Å². The number of carbonyl (C=O) groups excluding carboxylic acids is 2. The Balaban J connectivity index is 1.32. The second-order valence-corrected chi connectivity index (χ2v) is 9.00. The fourth-order valence-electron chi connectivity index (χ4n) is 3.74. The van der Waals surface area contributed by atoms with E-state index in [-0.39, 0.29) is 11.7 Å². The van der Waals surface area contributed by atoms with Gasteiger partial charge in [0.15, 0.2) is 0 Å². The molecule has 1 fully saturated rings. The Bertz CT molecular complexity index is 1170. The molecule has 0 bridgehead atoms. The minimum absolute atomic E-state index is 0.0290. The molecule has 3 amide bonds. The summed E-state index contributed by atoms with van der Waals surface area (Å²) in [5.41, 5.74) is 2.09. The van der Waals surface area contributed by atoms with Crippen molar-refractivity contribution in [3.63, 3.8) is 0 Å². The molecule has 0 saturated carbocycles. The number of hydrogen-bond donors (Lipinski definition) is 2. The van der Waals surface area contributed by atoms with E-state index < -0.39 is 6.03 Å². The number of urea groups is 1. The summed E-state index contributed by atoms with van der Waals surface area (Å²) in [6.07, 6.45) is 2.42. The molecule has 0 spiro atoms. The van der Waals surface area contributed by atoms with Crippen molar-refractivity contribution < 1.29 is 14.0 Å². The van der Waals surface area contributed by atoms with E-state index in [2.05, 4.69) is 36.4 Å². The number of amides is 3. The number of anilines is 3. The smallest absolute Gasteiger partial charge is 0.323 e. The molecule has 2 heterocycles. The first kappa shape index (κ1) is 23.7. The van der Waals surface area contributed by atoms with Crippen LogP contribution < -0.4 is 15.5 Å². The number of aryl methyl sites for hydroxylation is 1. The standard InChI is InChI=1S/C25H25BrFN5O2/c1-17-3-8-20(15-22(17)27)29-25(34)30-21-9-10-23(28-16-21)31-11-2-12-32(14-13-31)24(33)18-4-6-19(26)7-5-18/h3-10,15-16H,2,11-14H2,1H3,(H2,29,30,34). The van der Waals surface area contributed by atoms with Crippen LogP contribution in [-0.4, -0.2) is 48.0 Å². The third kappa shape index (κ3) is 5.91. The molecule has 7 nitrogen and oxygen atoms in total. The first-order chi connectivity index (χ1) is 16.4. The molecule has 0 atom stereocenters. The van der Waals surface area contributed by atoms with Crippen molar-refractivity contribution in [3.05, 3.63) is 82.2 Å². The van der Waals surface area contributed by atoms with Gasteiger partial charge in [0.1, 0.15) is 11.6 Å². The molecule has 1 saturated heterocycles. The maximum atomic E-state index is 13.7. The van der Waals surface area contributed by atoms with E-state index in [4.69, 9.17) is 0 Å². The summed E-state index contributed by atoms with van der Waals surface area (Å²) in [4.78, 5) is 33.5. The van der Waals surface area contributed by atoms with Crippen LogP contribution in [0.4, 0.5) is 26.4 Å². The molecule has 0 aliphatic carbocycles. The van der Waals surface area contributed by atoms with Gasteiger partial charge >= 0.3 is 6.03 Å². The predicted octanol–water partition coefficient (Wildman–Crippen LogP) is 5.29. The molecule has 9 heteroatoms. The minimum atomic E-state index is -0.477. The van der Waals surface area contributed by atoms with Gasteiger partial charge in [-0.3, -0.25) is 4.79 Å². The highest BCUT2D eigenvalue weighted by Crippen LogP contribution is 2.19. The van der Waals surface area contributed by atoms with Gasteiger partial charge in [0.2, 0.25) is 0 Å². The van der Waals surface area contributed by atoms with Gasteiger partial charge < -0.3 is 20.4 Å². The highest BCUT2D eigenvalue weighted by atomic mass is 79.9. The lowest BCUT2D eigenvalue weighted by molar-refractivity contribution is 0.0767. The molecule has 176 valence electrons. The summed E-state index contributed by atoms with van der Waals surface area (Å²) in [6, 6.07) is 15.1. The van der Waals surface area contributed by atoms with Gasteiger partial charge in [-0.15, -0.1) is 0 Å². The number of nitrogens with zero attached hydrogens (tertiary/aromatic N) is 3. The summed E-state index contributed by atoms with van der Waals surface area (Å²) in [6.45, 7) is 4.40. The van der Waals surface area contributed by atoms with Crippen LogP contribution in [-0.2, 0) is 0 Å². The number of benzene rings is 2. The van der Waals surface area contributed by atoms with E-state index in [1.54, 1.807) is 31.3 Å². The summed E-state index contributed by atoms with van der Waals surface area (Å²) >= 11 is 3.40. The van der Waals surface area contributed by atoms with Crippen molar-refractivity contribution >= 4 is 45.1 Å². The monoisotopic (exact) mass is 525 g/mol. The van der Waals surface area contributed by atoms with Gasteiger partial charge in [-0.25, -0.2) is 14.2 Å². The number of rotatable bonds is 4. The molecular weight excluding hydrogens is 501 g/mol. The van der Waals surface area contributed by atoms with Gasteiger partial charge in [0.05, 0.1) is 11.9 Å². The second kappa shape index (κ2) is 10.6. The average Bonchev–Trinajstić information content (AvgIpc) is 3.08. The lowest BCUT2D eigenvalue weighted by atomic mass is 10.2. The fraction of sp³-hybridized carbons (Fsp3) is 0.240. The van der Waals surface area contributed by atoms with Crippen LogP contribution in [0.15, 0.2) is 65.3 Å². The third-order valence-electron chi connectivity index (χ3n) is 5.63. The molecule has 1 aliphatic heterocycles. The molecule has 2 aromatic carbocycles. The highest BCUT2D eigenvalue weighted by molar-refractivity contribution is 9.10. The Kier molecular flexibility index (Phi) is 7.42. The molecule has 3 aromatic rings. The molecule has 0 radical (unpaired) electrons. The topological polar surface area (TPSA) is 77.6 Å². The zero-order valence-electron chi connectivity index (χ0n) is 18.7. The summed E-state index contributed by atoms with van der Waals surface area (Å²) in [5, 5.41) is 5.31. The van der Waals surface area contributed by atoms with Crippen molar-refractivity contribution in [2.75, 3.05) is 41.7 Å². The lowest BCUT2D eigenvalue weighted by Crippen LogP contribution is -2.35. The largest absolute Gasteiger partial charge is 0.355 e. The van der Waals surface area contributed by atoms with Crippen molar-refractivity contribution in [3.8, 4) is 0 Å². The number of pyridine rings is 1. The average molecular weight is 526 g/mol. The molecule has 1 aromatic heterocycles. The molecule has 0 unspecified atom stereocenters. The summed E-state index contributed by atoms with van der Waals surface area (Å²) in [7, 11) is 0. The predicted molar refractivity (Wildman–Crippen MR) is 135 cm³/mol. The van der Waals surface area contributed by atoms with Crippen molar-refractivity contribution in [2.24, 2.45) is 0 Å². The maximum absolute atomic E-state index is 13.7. The van der Waals surface area contributed by atoms with Gasteiger partial charge in [0.25, 0.3) is 5.91 Å². The van der Waals surface area contributed by atoms with E-state index in [9.17, 15) is 14.0 Å². The quantitative estimate of drug-likeness (QED) is 0.485. The van der Waals surface area contributed by atoms with Crippen LogP contribution in [0.5, 0.6) is 0 Å². The van der Waals surface area contributed by atoms with E-state index in [0.29, 0.717) is 42.1 Å². The summed E-state index contributed by atoms with van der Waals surface area (Å²) in [5.74, 6) is 0.434. The zero-order chi connectivity index (χ0) is 24.1. The Labute approximate surface area is 206 Å². The third-order valence-corrected chi connectivity index (χ3v) is 6.16. The first-order valence-corrected chi connectivity index (χ1v) is 11.8. The van der Waals surface area contributed by atoms with Crippen molar-refractivity contribution in [2.45, 2.75) is 13.3 Å². The molecule has 1 aliphatic rings. The van der Waals surface area contributed by atoms with Crippen molar-refractivity contribution in [1.29, 1.82) is 0 Å². The molecular formula is C25H25BrFN5O2. The minimum Gasteiger partial charge on any atom is -0.355 e. The Morgan fingerprint density at radius 1 is 0.941 bits per heavy atom. The van der Waals surface area contributed by atoms with Crippen LogP contribution in [0.3, 0.4) is 0 Å². The Morgan fingerprint density at radius 2 is 1.68 bits per heavy atom. The van der Waals surface area contributed by atoms with Crippen LogP contribution in [0.25, 0.3) is 0 Å². The Hall–Kier alpha value is -3.46. The van der Waals surface area contributed by atoms with Crippen LogP contribution in [0, 0.1) is 12.7 Å². The zero-order valence-corrected chi connectivity index (χ0v) is 20.3. The fourth-order valence-corrected chi connectivity index (χ4v) is 4.00. The van der Waals surface area contributed by atoms with Crippen molar-refractivity contribution in [1.82, 2.24) is 9.88 Å². The molecule has 34 heavy (non-hydrogen) atoms. The molecule has 4 rings (SSSR count). The van der Waals surface area contributed by atoms with E-state index in [0.717, 1.165) is 23.3 Å². The Morgan fingerprint density at radius 3 is 2.38 bits per heavy atom. The number of nitrogens with one attached hydrogen (secondary N) is 2. The van der Waals surface area contributed by atoms with Gasteiger partial charge in [-0.2, -0.15) is 0 Å². The number of carbonyl (C=O) groups is 2. The van der Waals surface area contributed by atoms with E-state index in [1.807, 2.05) is 35.2 Å². The SMILES string of the molecule is Cc1ccc(NC(=O)Nc2ccc(N3CCCN(C(=O)c4ccc(Br)cc4)CC3)nc2)cc1F. The van der Waals surface area contributed by atoms with Crippen LogP contribution >= 0.6 is 15.9 Å². The van der Waals surface area contributed by atoms with E-state index in [1.165, 1.54) is 6.07 Å². The number of halogens is 2. The van der Waals surface area contributed by atoms with E-state index >= 15 is 0 Å². The lowest BCUT2D eigenvalue weighted by Gasteiger charge is -2.23. The number of hydrogen-bond acceptors (Lipinski definition) is 4. The summed E-state index contributed by atoms with van der Waals surface area (Å²) < 4.78 is 14.6. The molecule has 2 N–H and O–H groups in total.